The van der Waals surface area contributed by atoms with Gasteiger partial charge in [0.25, 0.3) is 11.8 Å². The number of pyridine rings is 1. The van der Waals surface area contributed by atoms with Crippen LogP contribution in [0.3, 0.4) is 0 Å². The highest BCUT2D eigenvalue weighted by Gasteiger charge is 2.18. The summed E-state index contributed by atoms with van der Waals surface area (Å²) in [6, 6.07) is 7.93. The Kier molecular flexibility index (Phi) is 6.80. The Morgan fingerprint density at radius 1 is 0.964 bits per heavy atom. The minimum Gasteiger partial charge on any atom is -0.349 e. The summed E-state index contributed by atoms with van der Waals surface area (Å²) in [7, 11) is 0. The van der Waals surface area contributed by atoms with Gasteiger partial charge in [-0.1, -0.05) is 51.3 Å². The summed E-state index contributed by atoms with van der Waals surface area (Å²) < 4.78 is 0. The second kappa shape index (κ2) is 9.49. The van der Waals surface area contributed by atoms with Crippen LogP contribution in [0.4, 0.5) is 5.69 Å². The lowest BCUT2D eigenvalue weighted by atomic mass is 9.95. The number of rotatable bonds is 6. The van der Waals surface area contributed by atoms with Crippen LogP contribution >= 0.6 is 0 Å². The Bertz CT molecular complexity index is 819. The molecule has 0 radical (unpaired) electrons. The molecule has 1 saturated carbocycles. The highest BCUT2D eigenvalue weighted by molar-refractivity contribution is 6.06. The van der Waals surface area contributed by atoms with Gasteiger partial charge in [-0.2, -0.15) is 0 Å². The first-order valence-corrected chi connectivity index (χ1v) is 10.3. The van der Waals surface area contributed by atoms with Crippen molar-refractivity contribution in [3.8, 4) is 0 Å². The van der Waals surface area contributed by atoms with E-state index in [1.807, 2.05) is 18.2 Å². The number of para-hydroxylation sites is 1. The van der Waals surface area contributed by atoms with Crippen LogP contribution in [0.5, 0.6) is 0 Å². The lowest BCUT2D eigenvalue weighted by Gasteiger charge is -2.22. The van der Waals surface area contributed by atoms with Gasteiger partial charge in [-0.25, -0.2) is 0 Å². The number of nitrogens with zero attached hydrogens (tertiary/aromatic N) is 1. The number of carbonyl (C=O) groups is 2. The lowest BCUT2D eigenvalue weighted by molar-refractivity contribution is 0.0927. The maximum Gasteiger partial charge on any atom is 0.257 e. The molecule has 1 aromatic carbocycles. The van der Waals surface area contributed by atoms with E-state index in [0.29, 0.717) is 11.1 Å². The van der Waals surface area contributed by atoms with Crippen molar-refractivity contribution in [1.29, 1.82) is 0 Å². The van der Waals surface area contributed by atoms with Crippen molar-refractivity contribution in [3.05, 3.63) is 58.9 Å². The van der Waals surface area contributed by atoms with Crippen LogP contribution in [0.25, 0.3) is 0 Å². The van der Waals surface area contributed by atoms with Crippen LogP contribution < -0.4 is 10.6 Å². The number of anilines is 1. The number of hydrogen-bond acceptors (Lipinski definition) is 3. The van der Waals surface area contributed by atoms with E-state index in [4.69, 9.17) is 0 Å². The Hall–Kier alpha value is -2.69. The molecule has 1 fully saturated rings. The van der Waals surface area contributed by atoms with Gasteiger partial charge in [-0.15, -0.1) is 0 Å². The minimum absolute atomic E-state index is 0.155. The van der Waals surface area contributed by atoms with Gasteiger partial charge in [0.1, 0.15) is 0 Å². The van der Waals surface area contributed by atoms with Gasteiger partial charge in [-0.05, 0) is 42.9 Å². The maximum atomic E-state index is 12.8. The summed E-state index contributed by atoms with van der Waals surface area (Å²) in [5, 5.41) is 6.11. The van der Waals surface area contributed by atoms with E-state index >= 15 is 0 Å². The average Bonchev–Trinajstić information content (AvgIpc) is 2.74. The van der Waals surface area contributed by atoms with Gasteiger partial charge in [0.05, 0.1) is 11.1 Å². The van der Waals surface area contributed by atoms with Gasteiger partial charge in [-0.3, -0.25) is 14.6 Å². The molecule has 1 heterocycles. The van der Waals surface area contributed by atoms with E-state index in [1.165, 1.54) is 18.8 Å². The molecule has 0 aliphatic heterocycles. The summed E-state index contributed by atoms with van der Waals surface area (Å²) in [6.07, 6.45) is 10.3. The minimum atomic E-state index is -0.240. The molecule has 28 heavy (non-hydrogen) atoms. The molecule has 2 N–H and O–H groups in total. The van der Waals surface area contributed by atoms with Gasteiger partial charge in [0.15, 0.2) is 0 Å². The third-order valence-corrected chi connectivity index (χ3v) is 5.44. The Balaban J connectivity index is 1.75. The van der Waals surface area contributed by atoms with E-state index in [0.717, 1.165) is 55.3 Å². The molecule has 3 rings (SSSR count). The van der Waals surface area contributed by atoms with Gasteiger partial charge in [0, 0.05) is 24.1 Å². The van der Waals surface area contributed by atoms with Crippen molar-refractivity contribution >= 4 is 17.5 Å². The van der Waals surface area contributed by atoms with Crippen molar-refractivity contribution in [2.75, 3.05) is 5.32 Å². The molecule has 5 nitrogen and oxygen atoms in total. The van der Waals surface area contributed by atoms with E-state index < -0.39 is 0 Å². The third kappa shape index (κ3) is 4.77. The van der Waals surface area contributed by atoms with Gasteiger partial charge < -0.3 is 10.6 Å². The lowest BCUT2D eigenvalue weighted by Crippen LogP contribution is -2.36. The second-order valence-corrected chi connectivity index (χ2v) is 7.38. The first-order valence-electron chi connectivity index (χ1n) is 10.3. The molecule has 0 saturated heterocycles. The fourth-order valence-corrected chi connectivity index (χ4v) is 3.79. The van der Waals surface area contributed by atoms with Crippen LogP contribution in [-0.2, 0) is 12.8 Å². The molecule has 5 heteroatoms. The zero-order valence-electron chi connectivity index (χ0n) is 16.8. The number of amides is 2. The molecule has 148 valence electrons. The maximum absolute atomic E-state index is 12.8. The standard InChI is InChI=1S/C23H29N3O2/c1-3-16-9-8-10-17(4-2)21(16)26-23(28)19-13-18(14-24-15-19)22(27)25-20-11-6-5-7-12-20/h8-10,13-15,20H,3-7,11-12H2,1-2H3,(H,25,27)(H,26,28). The first-order chi connectivity index (χ1) is 13.6. The molecule has 1 aliphatic carbocycles. The Labute approximate surface area is 167 Å². The molecule has 2 aromatic rings. The van der Waals surface area contributed by atoms with Crippen LogP contribution in [0, 0.1) is 0 Å². The molecule has 0 spiro atoms. The predicted molar refractivity (Wildman–Crippen MR) is 112 cm³/mol. The molecular formula is C23H29N3O2. The number of nitrogens with one attached hydrogen (secondary N) is 2. The molecule has 0 bridgehead atoms. The van der Waals surface area contributed by atoms with Crippen molar-refractivity contribution in [2.45, 2.75) is 64.8 Å². The third-order valence-electron chi connectivity index (χ3n) is 5.44. The summed E-state index contributed by atoms with van der Waals surface area (Å²) >= 11 is 0. The van der Waals surface area contributed by atoms with Crippen molar-refractivity contribution in [3.63, 3.8) is 0 Å². The van der Waals surface area contributed by atoms with Crippen molar-refractivity contribution < 1.29 is 9.59 Å². The SMILES string of the molecule is CCc1cccc(CC)c1NC(=O)c1cncc(C(=O)NC2CCCCC2)c1. The van der Waals surface area contributed by atoms with Crippen LogP contribution in [0.15, 0.2) is 36.7 Å². The molecule has 1 aliphatic rings. The zero-order chi connectivity index (χ0) is 19.9. The first kappa shape index (κ1) is 20.1. The molecule has 0 atom stereocenters. The zero-order valence-corrected chi connectivity index (χ0v) is 16.8. The van der Waals surface area contributed by atoms with Crippen LogP contribution in [0.1, 0.15) is 77.8 Å². The Morgan fingerprint density at radius 3 is 2.18 bits per heavy atom. The van der Waals surface area contributed by atoms with Crippen molar-refractivity contribution in [1.82, 2.24) is 10.3 Å². The van der Waals surface area contributed by atoms with E-state index in [-0.39, 0.29) is 17.9 Å². The highest BCUT2D eigenvalue weighted by Crippen LogP contribution is 2.23. The number of carbonyl (C=O) groups excluding carboxylic acids is 2. The smallest absolute Gasteiger partial charge is 0.257 e. The van der Waals surface area contributed by atoms with Gasteiger partial charge >= 0.3 is 0 Å². The quantitative estimate of drug-likeness (QED) is 0.775. The molecule has 1 aromatic heterocycles. The monoisotopic (exact) mass is 379 g/mol. The fourth-order valence-electron chi connectivity index (χ4n) is 3.79. The molecule has 2 amide bonds. The summed E-state index contributed by atoms with van der Waals surface area (Å²) in [5.74, 6) is -0.396. The normalized spacial score (nSPS) is 14.5. The molecule has 0 unspecified atom stereocenters. The summed E-state index contributed by atoms with van der Waals surface area (Å²) in [6.45, 7) is 4.14. The van der Waals surface area contributed by atoms with E-state index in [9.17, 15) is 9.59 Å². The predicted octanol–water partition coefficient (Wildman–Crippen LogP) is 4.52. The van der Waals surface area contributed by atoms with E-state index in [2.05, 4.69) is 29.5 Å². The van der Waals surface area contributed by atoms with Crippen LogP contribution in [-0.4, -0.2) is 22.8 Å². The molecular weight excluding hydrogens is 350 g/mol. The fraction of sp³-hybridized carbons (Fsp3) is 0.435. The van der Waals surface area contributed by atoms with Gasteiger partial charge in [0.2, 0.25) is 0 Å². The van der Waals surface area contributed by atoms with Crippen molar-refractivity contribution in [2.24, 2.45) is 0 Å². The summed E-state index contributed by atoms with van der Waals surface area (Å²) in [5.41, 5.74) is 3.90. The average molecular weight is 380 g/mol. The number of hydrogen-bond donors (Lipinski definition) is 2. The largest absolute Gasteiger partial charge is 0.349 e. The second-order valence-electron chi connectivity index (χ2n) is 7.38. The topological polar surface area (TPSA) is 71.1 Å². The highest BCUT2D eigenvalue weighted by atomic mass is 16.2. The number of aromatic nitrogens is 1. The number of benzene rings is 1. The van der Waals surface area contributed by atoms with Crippen LogP contribution in [0.2, 0.25) is 0 Å². The summed E-state index contributed by atoms with van der Waals surface area (Å²) in [4.78, 5) is 29.5. The van der Waals surface area contributed by atoms with E-state index in [1.54, 1.807) is 6.07 Å². The Morgan fingerprint density at radius 2 is 1.57 bits per heavy atom. The number of aryl methyl sites for hydroxylation is 2.